The van der Waals surface area contributed by atoms with Crippen LogP contribution >= 0.6 is 0 Å². The zero-order valence-corrected chi connectivity index (χ0v) is 10.0. The number of aromatic nitrogens is 1. The molecule has 3 heteroatoms. The van der Waals surface area contributed by atoms with Crippen molar-refractivity contribution in [2.45, 2.75) is 40.0 Å². The number of rotatable bonds is 5. The Labute approximate surface area is 91.6 Å². The molecule has 0 amide bonds. The molecule has 1 heterocycles. The third kappa shape index (κ3) is 3.11. The van der Waals surface area contributed by atoms with E-state index in [2.05, 4.69) is 31.1 Å². The van der Waals surface area contributed by atoms with Gasteiger partial charge in [0.2, 0.25) is 5.88 Å². The van der Waals surface area contributed by atoms with Gasteiger partial charge in [-0.25, -0.2) is 4.98 Å². The zero-order valence-electron chi connectivity index (χ0n) is 10.0. The Morgan fingerprint density at radius 1 is 1.47 bits per heavy atom. The van der Waals surface area contributed by atoms with Gasteiger partial charge in [0, 0.05) is 12.5 Å². The lowest BCUT2D eigenvalue weighted by molar-refractivity contribution is 0.480. The number of oxazole rings is 1. The van der Waals surface area contributed by atoms with Gasteiger partial charge in [0.15, 0.2) is 5.89 Å². The summed E-state index contributed by atoms with van der Waals surface area (Å²) in [5, 5.41) is 3.24. The molecule has 1 rings (SSSR count). The lowest BCUT2D eigenvalue weighted by atomic mass is 10.2. The van der Waals surface area contributed by atoms with Crippen molar-refractivity contribution in [1.82, 2.24) is 4.98 Å². The normalized spacial score (nSPS) is 11.5. The zero-order chi connectivity index (χ0) is 11.3. The Morgan fingerprint density at radius 2 is 2.20 bits per heavy atom. The minimum absolute atomic E-state index is 0.325. The van der Waals surface area contributed by atoms with Crippen molar-refractivity contribution in [3.05, 3.63) is 17.7 Å². The highest BCUT2D eigenvalue weighted by Crippen LogP contribution is 2.23. The third-order valence-electron chi connectivity index (χ3n) is 2.02. The summed E-state index contributed by atoms with van der Waals surface area (Å²) >= 11 is 0. The average molecular weight is 208 g/mol. The molecular weight excluding hydrogens is 188 g/mol. The van der Waals surface area contributed by atoms with Crippen LogP contribution in [0.15, 0.2) is 10.5 Å². The molecule has 1 N–H and O–H groups in total. The summed E-state index contributed by atoms with van der Waals surface area (Å²) in [6.45, 7) is 9.18. The SMILES string of the molecule is C/C=C\c1nc(C(C)C)oc1NCCC. The fraction of sp³-hybridized carbons (Fsp3) is 0.583. The maximum atomic E-state index is 5.66. The number of nitrogens with one attached hydrogen (secondary N) is 1. The van der Waals surface area contributed by atoms with Crippen molar-refractivity contribution >= 4 is 12.0 Å². The second-order valence-electron chi connectivity index (χ2n) is 3.85. The highest BCUT2D eigenvalue weighted by atomic mass is 16.4. The minimum Gasteiger partial charge on any atom is -0.424 e. The number of anilines is 1. The van der Waals surface area contributed by atoms with Crippen molar-refractivity contribution < 1.29 is 4.42 Å². The van der Waals surface area contributed by atoms with Gasteiger partial charge in [-0.1, -0.05) is 26.8 Å². The fourth-order valence-electron chi connectivity index (χ4n) is 1.23. The van der Waals surface area contributed by atoms with Crippen molar-refractivity contribution in [3.8, 4) is 0 Å². The van der Waals surface area contributed by atoms with Gasteiger partial charge in [0.25, 0.3) is 0 Å². The summed E-state index contributed by atoms with van der Waals surface area (Å²) in [5.41, 5.74) is 0.898. The summed E-state index contributed by atoms with van der Waals surface area (Å²) < 4.78 is 5.66. The van der Waals surface area contributed by atoms with Gasteiger partial charge in [0.05, 0.1) is 0 Å². The number of hydrogen-bond donors (Lipinski definition) is 1. The molecule has 0 aromatic carbocycles. The van der Waals surface area contributed by atoms with E-state index in [0.29, 0.717) is 5.92 Å². The van der Waals surface area contributed by atoms with Crippen LogP contribution in [0.3, 0.4) is 0 Å². The molecule has 3 nitrogen and oxygen atoms in total. The topological polar surface area (TPSA) is 38.1 Å². The standard InChI is InChI=1S/C12H20N2O/c1-5-7-10-12(13-8-6-2)15-11(14-10)9(3)4/h5,7,9,13H,6,8H2,1-4H3/b7-5-. The summed E-state index contributed by atoms with van der Waals surface area (Å²) in [5.74, 6) is 1.91. The second kappa shape index (κ2) is 5.59. The smallest absolute Gasteiger partial charge is 0.221 e. The van der Waals surface area contributed by atoms with Gasteiger partial charge in [0.1, 0.15) is 5.69 Å². The molecule has 0 radical (unpaired) electrons. The molecule has 1 aromatic heterocycles. The monoisotopic (exact) mass is 208 g/mol. The van der Waals surface area contributed by atoms with E-state index in [0.717, 1.165) is 30.4 Å². The minimum atomic E-state index is 0.325. The van der Waals surface area contributed by atoms with Gasteiger partial charge in [-0.15, -0.1) is 0 Å². The van der Waals surface area contributed by atoms with Crippen molar-refractivity contribution in [1.29, 1.82) is 0 Å². The fourth-order valence-corrected chi connectivity index (χ4v) is 1.23. The largest absolute Gasteiger partial charge is 0.424 e. The van der Waals surface area contributed by atoms with Crippen LogP contribution in [0.2, 0.25) is 0 Å². The molecule has 0 fully saturated rings. The third-order valence-corrected chi connectivity index (χ3v) is 2.02. The maximum Gasteiger partial charge on any atom is 0.221 e. The van der Waals surface area contributed by atoms with Crippen LogP contribution in [0.4, 0.5) is 5.88 Å². The summed E-state index contributed by atoms with van der Waals surface area (Å²) in [7, 11) is 0. The summed E-state index contributed by atoms with van der Waals surface area (Å²) in [6, 6.07) is 0. The molecule has 0 aliphatic rings. The van der Waals surface area contributed by atoms with E-state index in [1.54, 1.807) is 0 Å². The number of nitrogens with zero attached hydrogens (tertiary/aromatic N) is 1. The van der Waals surface area contributed by atoms with Crippen LogP contribution < -0.4 is 5.32 Å². The Balaban J connectivity index is 2.89. The molecule has 0 atom stereocenters. The first-order valence-electron chi connectivity index (χ1n) is 5.56. The van der Waals surface area contributed by atoms with Crippen LogP contribution in [0.1, 0.15) is 51.6 Å². The molecule has 15 heavy (non-hydrogen) atoms. The first-order chi connectivity index (χ1) is 7.19. The van der Waals surface area contributed by atoms with Crippen molar-refractivity contribution in [2.75, 3.05) is 11.9 Å². The van der Waals surface area contributed by atoms with Gasteiger partial charge in [-0.3, -0.25) is 0 Å². The Morgan fingerprint density at radius 3 is 2.73 bits per heavy atom. The highest BCUT2D eigenvalue weighted by molar-refractivity contribution is 5.57. The van der Waals surface area contributed by atoms with Gasteiger partial charge >= 0.3 is 0 Å². The predicted molar refractivity (Wildman–Crippen MR) is 64.1 cm³/mol. The van der Waals surface area contributed by atoms with E-state index in [-0.39, 0.29) is 0 Å². The molecule has 0 unspecified atom stereocenters. The van der Waals surface area contributed by atoms with E-state index >= 15 is 0 Å². The van der Waals surface area contributed by atoms with Crippen LogP contribution in [-0.4, -0.2) is 11.5 Å². The number of allylic oxidation sites excluding steroid dienone is 1. The van der Waals surface area contributed by atoms with E-state index in [1.165, 1.54) is 0 Å². The molecule has 0 aliphatic heterocycles. The van der Waals surface area contributed by atoms with Crippen molar-refractivity contribution in [3.63, 3.8) is 0 Å². The molecule has 0 aliphatic carbocycles. The molecule has 84 valence electrons. The Bertz CT molecular complexity index is 326. The van der Waals surface area contributed by atoms with Crippen molar-refractivity contribution in [2.24, 2.45) is 0 Å². The van der Waals surface area contributed by atoms with E-state index < -0.39 is 0 Å². The van der Waals surface area contributed by atoms with Crippen LogP contribution in [0.5, 0.6) is 0 Å². The lowest BCUT2D eigenvalue weighted by Crippen LogP contribution is -1.99. The predicted octanol–water partition coefficient (Wildman–Crippen LogP) is 3.65. The molecule has 0 saturated carbocycles. The van der Waals surface area contributed by atoms with Gasteiger partial charge in [-0.2, -0.15) is 0 Å². The van der Waals surface area contributed by atoms with E-state index in [1.807, 2.05) is 19.1 Å². The molecule has 0 spiro atoms. The Kier molecular flexibility index (Phi) is 4.40. The number of hydrogen-bond acceptors (Lipinski definition) is 3. The van der Waals surface area contributed by atoms with Crippen LogP contribution in [0, 0.1) is 0 Å². The summed E-state index contributed by atoms with van der Waals surface area (Å²) in [4.78, 5) is 4.44. The van der Waals surface area contributed by atoms with Gasteiger partial charge < -0.3 is 9.73 Å². The van der Waals surface area contributed by atoms with E-state index in [4.69, 9.17) is 4.42 Å². The van der Waals surface area contributed by atoms with Crippen LogP contribution in [-0.2, 0) is 0 Å². The summed E-state index contributed by atoms with van der Waals surface area (Å²) in [6.07, 6.45) is 5.01. The second-order valence-corrected chi connectivity index (χ2v) is 3.85. The first-order valence-corrected chi connectivity index (χ1v) is 5.56. The Hall–Kier alpha value is -1.25. The lowest BCUT2D eigenvalue weighted by Gasteiger charge is -2.00. The molecule has 1 aromatic rings. The van der Waals surface area contributed by atoms with Crippen LogP contribution in [0.25, 0.3) is 6.08 Å². The average Bonchev–Trinajstić information content (AvgIpc) is 2.59. The van der Waals surface area contributed by atoms with E-state index in [9.17, 15) is 0 Å². The first kappa shape index (κ1) is 11.8. The highest BCUT2D eigenvalue weighted by Gasteiger charge is 2.12. The quantitative estimate of drug-likeness (QED) is 0.802. The molecular formula is C12H20N2O. The maximum absolute atomic E-state index is 5.66. The van der Waals surface area contributed by atoms with Gasteiger partial charge in [-0.05, 0) is 19.4 Å². The molecule has 0 bridgehead atoms. The molecule has 0 saturated heterocycles.